The molecule has 0 unspecified atom stereocenters. The molecule has 2 aromatic rings. The maximum atomic E-state index is 13.5. The van der Waals surface area contributed by atoms with Crippen molar-refractivity contribution < 1.29 is 21.9 Å². The van der Waals surface area contributed by atoms with E-state index in [4.69, 9.17) is 4.74 Å². The summed E-state index contributed by atoms with van der Waals surface area (Å²) in [5, 5.41) is 7.77. The number of ether oxygens (including phenoxy) is 1. The summed E-state index contributed by atoms with van der Waals surface area (Å²) >= 11 is 0. The van der Waals surface area contributed by atoms with Crippen LogP contribution < -0.4 is 10.1 Å². The molecular weight excluding hydrogens is 426 g/mol. The normalized spacial score (nSPS) is 21.7. The molecule has 0 spiro atoms. The fraction of sp³-hybridized carbons (Fsp3) is 0.619. The van der Waals surface area contributed by atoms with Crippen LogP contribution in [-0.2, 0) is 9.84 Å². The van der Waals surface area contributed by atoms with Crippen LogP contribution in [0, 0.1) is 13.8 Å². The molecule has 0 amide bonds. The van der Waals surface area contributed by atoms with Crippen molar-refractivity contribution in [3.8, 4) is 11.6 Å². The van der Waals surface area contributed by atoms with Crippen molar-refractivity contribution in [1.29, 1.82) is 0 Å². The van der Waals surface area contributed by atoms with Gasteiger partial charge in [0.1, 0.15) is 17.7 Å². The number of aryl methyl sites for hydroxylation is 2. The van der Waals surface area contributed by atoms with Crippen LogP contribution in [0.25, 0.3) is 5.82 Å². The van der Waals surface area contributed by atoms with Crippen molar-refractivity contribution in [2.45, 2.75) is 70.4 Å². The molecule has 1 aliphatic carbocycles. The predicted molar refractivity (Wildman–Crippen MR) is 114 cm³/mol. The summed E-state index contributed by atoms with van der Waals surface area (Å²) in [6, 6.07) is 5.39. The summed E-state index contributed by atoms with van der Waals surface area (Å²) in [5.74, 6) is -0.685. The predicted octanol–water partition coefficient (Wildman–Crippen LogP) is 3.83. The van der Waals surface area contributed by atoms with Crippen LogP contribution in [0.1, 0.15) is 49.9 Å². The topological polar surface area (TPSA) is 86.1 Å². The SMILES string of the molecule is Cc1cc(C)n(-c2cc(OC3CCS(=O)(=O)CC3)cc(NC3CCC(F)(F)CC3)n2)n1. The molecule has 2 fully saturated rings. The zero-order chi connectivity index (χ0) is 22.2. The maximum Gasteiger partial charge on any atom is 0.248 e. The minimum Gasteiger partial charge on any atom is -0.490 e. The Hall–Kier alpha value is -2.23. The lowest BCUT2D eigenvalue weighted by atomic mass is 9.92. The van der Waals surface area contributed by atoms with Gasteiger partial charge in [-0.2, -0.15) is 5.10 Å². The Labute approximate surface area is 181 Å². The summed E-state index contributed by atoms with van der Waals surface area (Å²) in [6.45, 7) is 3.82. The summed E-state index contributed by atoms with van der Waals surface area (Å²) in [6.07, 6.45) is 1.16. The maximum absolute atomic E-state index is 13.5. The van der Waals surface area contributed by atoms with E-state index in [1.807, 2.05) is 19.9 Å². The van der Waals surface area contributed by atoms with Crippen LogP contribution in [0.2, 0.25) is 0 Å². The monoisotopic (exact) mass is 454 g/mol. The molecular formula is C21H28F2N4O3S. The summed E-state index contributed by atoms with van der Waals surface area (Å²) in [5.41, 5.74) is 1.77. The first-order valence-corrected chi connectivity index (χ1v) is 12.5. The lowest BCUT2D eigenvalue weighted by molar-refractivity contribution is -0.0361. The van der Waals surface area contributed by atoms with E-state index in [-0.39, 0.29) is 36.5 Å². The third-order valence-electron chi connectivity index (χ3n) is 5.89. The number of aromatic nitrogens is 3. The first-order valence-electron chi connectivity index (χ1n) is 10.7. The number of sulfone groups is 1. The lowest BCUT2D eigenvalue weighted by Gasteiger charge is -2.29. The van der Waals surface area contributed by atoms with E-state index in [0.717, 1.165) is 11.4 Å². The highest BCUT2D eigenvalue weighted by Gasteiger charge is 2.35. The molecule has 4 rings (SSSR count). The van der Waals surface area contributed by atoms with Gasteiger partial charge in [-0.1, -0.05) is 0 Å². The van der Waals surface area contributed by atoms with Crippen LogP contribution in [0.5, 0.6) is 5.75 Å². The van der Waals surface area contributed by atoms with E-state index in [1.165, 1.54) is 0 Å². The Kier molecular flexibility index (Phi) is 5.93. The number of anilines is 1. The molecule has 10 heteroatoms. The van der Waals surface area contributed by atoms with Gasteiger partial charge in [-0.15, -0.1) is 0 Å². The van der Waals surface area contributed by atoms with Gasteiger partial charge in [0.25, 0.3) is 0 Å². The molecule has 7 nitrogen and oxygen atoms in total. The lowest BCUT2D eigenvalue weighted by Crippen LogP contribution is -2.32. The number of alkyl halides is 2. The van der Waals surface area contributed by atoms with Gasteiger partial charge in [0.05, 0.1) is 17.2 Å². The van der Waals surface area contributed by atoms with Crippen LogP contribution in [-0.4, -0.2) is 52.8 Å². The van der Waals surface area contributed by atoms with Crippen molar-refractivity contribution in [1.82, 2.24) is 14.8 Å². The fourth-order valence-corrected chi connectivity index (χ4v) is 5.62. The second-order valence-electron chi connectivity index (χ2n) is 8.63. The summed E-state index contributed by atoms with van der Waals surface area (Å²) < 4.78 is 58.3. The molecule has 2 aliphatic rings. The van der Waals surface area contributed by atoms with Gasteiger partial charge >= 0.3 is 0 Å². The van der Waals surface area contributed by atoms with Crippen LogP contribution >= 0.6 is 0 Å². The van der Waals surface area contributed by atoms with Gasteiger partial charge in [-0.25, -0.2) is 26.9 Å². The summed E-state index contributed by atoms with van der Waals surface area (Å²) in [4.78, 5) is 4.65. The van der Waals surface area contributed by atoms with Gasteiger partial charge in [-0.3, -0.25) is 0 Å². The minimum atomic E-state index is -2.98. The smallest absolute Gasteiger partial charge is 0.248 e. The molecule has 1 aliphatic heterocycles. The number of hydrogen-bond donors (Lipinski definition) is 1. The first kappa shape index (κ1) is 22.0. The zero-order valence-electron chi connectivity index (χ0n) is 17.8. The Balaban J connectivity index is 1.57. The number of nitrogens with one attached hydrogen (secondary N) is 1. The Bertz CT molecular complexity index is 1030. The van der Waals surface area contributed by atoms with Crippen LogP contribution in [0.15, 0.2) is 18.2 Å². The van der Waals surface area contributed by atoms with E-state index < -0.39 is 15.8 Å². The van der Waals surface area contributed by atoms with Crippen molar-refractivity contribution >= 4 is 15.7 Å². The second-order valence-corrected chi connectivity index (χ2v) is 10.9. The standard InChI is InChI=1S/C21H28F2N4O3S/c1-14-11-15(2)27(26-14)20-13-18(30-17-5-9-31(28,29)10-6-17)12-19(25-20)24-16-3-7-21(22,23)8-4-16/h11-13,16-17H,3-10H2,1-2H3,(H,24,25). The van der Waals surface area contributed by atoms with E-state index >= 15 is 0 Å². The number of pyridine rings is 1. The Morgan fingerprint density at radius 1 is 1.10 bits per heavy atom. The molecule has 0 radical (unpaired) electrons. The Morgan fingerprint density at radius 3 is 2.39 bits per heavy atom. The minimum absolute atomic E-state index is 0.0875. The largest absolute Gasteiger partial charge is 0.490 e. The summed E-state index contributed by atoms with van der Waals surface area (Å²) in [7, 11) is -2.98. The van der Waals surface area contributed by atoms with Crippen LogP contribution in [0.4, 0.5) is 14.6 Å². The molecule has 31 heavy (non-hydrogen) atoms. The third-order valence-corrected chi connectivity index (χ3v) is 7.60. The second kappa shape index (κ2) is 8.37. The molecule has 0 atom stereocenters. The molecule has 1 N–H and O–H groups in total. The number of rotatable bonds is 5. The molecule has 3 heterocycles. The van der Waals surface area contributed by atoms with Crippen LogP contribution in [0.3, 0.4) is 0 Å². The molecule has 0 bridgehead atoms. The van der Waals surface area contributed by atoms with Gasteiger partial charge in [0.2, 0.25) is 5.92 Å². The van der Waals surface area contributed by atoms with E-state index in [9.17, 15) is 17.2 Å². The first-order chi connectivity index (χ1) is 14.6. The highest BCUT2D eigenvalue weighted by atomic mass is 32.2. The number of nitrogens with zero attached hydrogens (tertiary/aromatic N) is 3. The molecule has 1 saturated heterocycles. The van der Waals surface area contributed by atoms with E-state index in [1.54, 1.807) is 16.8 Å². The van der Waals surface area contributed by atoms with Crippen molar-refractivity contribution in [2.24, 2.45) is 0 Å². The van der Waals surface area contributed by atoms with Gasteiger partial charge in [-0.05, 0) is 45.6 Å². The highest BCUT2D eigenvalue weighted by molar-refractivity contribution is 7.91. The fourth-order valence-electron chi connectivity index (χ4n) is 4.18. The molecule has 0 aromatic carbocycles. The van der Waals surface area contributed by atoms with E-state index in [0.29, 0.717) is 43.1 Å². The zero-order valence-corrected chi connectivity index (χ0v) is 18.6. The quantitative estimate of drug-likeness (QED) is 0.739. The highest BCUT2D eigenvalue weighted by Crippen LogP contribution is 2.34. The van der Waals surface area contributed by atoms with E-state index in [2.05, 4.69) is 15.4 Å². The average molecular weight is 455 g/mol. The Morgan fingerprint density at radius 2 is 1.77 bits per heavy atom. The van der Waals surface area contributed by atoms with Gasteiger partial charge in [0.15, 0.2) is 15.7 Å². The van der Waals surface area contributed by atoms with Gasteiger partial charge < -0.3 is 10.1 Å². The van der Waals surface area contributed by atoms with Crippen molar-refractivity contribution in [3.63, 3.8) is 0 Å². The molecule has 170 valence electrons. The molecule has 2 aromatic heterocycles. The number of halogens is 2. The third kappa shape index (κ3) is 5.53. The van der Waals surface area contributed by atoms with Crippen molar-refractivity contribution in [3.05, 3.63) is 29.6 Å². The average Bonchev–Trinajstić information content (AvgIpc) is 3.03. The number of hydrogen-bond acceptors (Lipinski definition) is 6. The van der Waals surface area contributed by atoms with Crippen molar-refractivity contribution in [2.75, 3.05) is 16.8 Å². The van der Waals surface area contributed by atoms with Gasteiger partial charge in [0, 0.05) is 36.7 Å². The molecule has 1 saturated carbocycles.